The number of nitrogens with one attached hydrogen (secondary N) is 2. The van der Waals surface area contributed by atoms with Gasteiger partial charge in [0.2, 0.25) is 5.91 Å². The highest BCUT2D eigenvalue weighted by Gasteiger charge is 2.02. The number of amides is 1. The van der Waals surface area contributed by atoms with Crippen LogP contribution in [0.3, 0.4) is 0 Å². The van der Waals surface area contributed by atoms with E-state index in [0.29, 0.717) is 5.02 Å². The minimum absolute atomic E-state index is 0.251. The van der Waals surface area contributed by atoms with Crippen LogP contribution in [0, 0.1) is 0 Å². The van der Waals surface area contributed by atoms with Crippen molar-refractivity contribution in [2.45, 2.75) is 0 Å². The topological polar surface area (TPSA) is 41.1 Å². The van der Waals surface area contributed by atoms with E-state index in [2.05, 4.69) is 10.6 Å². The van der Waals surface area contributed by atoms with Crippen molar-refractivity contribution in [3.8, 4) is 0 Å². The van der Waals surface area contributed by atoms with Crippen LogP contribution in [-0.4, -0.2) is 11.0 Å². The summed E-state index contributed by atoms with van der Waals surface area (Å²) in [4.78, 5) is 11.9. The highest BCUT2D eigenvalue weighted by molar-refractivity contribution is 7.80. The van der Waals surface area contributed by atoms with Crippen LogP contribution >= 0.6 is 23.8 Å². The second kappa shape index (κ2) is 7.92. The highest BCUT2D eigenvalue weighted by atomic mass is 35.5. The molecule has 0 heterocycles. The number of thiocarbonyl (C=S) groups is 1. The van der Waals surface area contributed by atoms with Gasteiger partial charge in [-0.2, -0.15) is 0 Å². The predicted octanol–water partition coefficient (Wildman–Crippen LogP) is 5.02. The lowest BCUT2D eigenvalue weighted by Crippen LogP contribution is -2.32. The lowest BCUT2D eigenvalue weighted by molar-refractivity contribution is -0.115. The molecule has 5 heteroatoms. The van der Waals surface area contributed by atoms with Crippen molar-refractivity contribution in [1.29, 1.82) is 0 Å². The lowest BCUT2D eigenvalue weighted by Gasteiger charge is -2.09. The Kier molecular flexibility index (Phi) is 5.43. The fourth-order valence-corrected chi connectivity index (χ4v) is 2.67. The summed E-state index contributed by atoms with van der Waals surface area (Å²) in [6.45, 7) is 0. The van der Waals surface area contributed by atoms with Crippen LogP contribution in [-0.2, 0) is 4.79 Å². The van der Waals surface area contributed by atoms with Crippen LogP contribution in [0.5, 0.6) is 0 Å². The maximum absolute atomic E-state index is 11.9. The van der Waals surface area contributed by atoms with Crippen molar-refractivity contribution in [2.24, 2.45) is 0 Å². The summed E-state index contributed by atoms with van der Waals surface area (Å²) in [5.74, 6) is -0.298. The van der Waals surface area contributed by atoms with E-state index in [0.717, 1.165) is 22.0 Å². The van der Waals surface area contributed by atoms with Crippen LogP contribution in [0.15, 0.2) is 72.8 Å². The Bertz CT molecular complexity index is 951. The molecule has 1 amide bonds. The van der Waals surface area contributed by atoms with Gasteiger partial charge < -0.3 is 5.32 Å². The molecule has 0 aromatic heterocycles. The molecule has 0 spiro atoms. The van der Waals surface area contributed by atoms with Gasteiger partial charge in [0.25, 0.3) is 0 Å². The average molecular weight is 367 g/mol. The molecule has 3 rings (SSSR count). The molecular weight excluding hydrogens is 352 g/mol. The minimum atomic E-state index is -0.298. The van der Waals surface area contributed by atoms with E-state index in [4.69, 9.17) is 23.8 Å². The van der Waals surface area contributed by atoms with Crippen molar-refractivity contribution < 1.29 is 4.79 Å². The van der Waals surface area contributed by atoms with Crippen LogP contribution in [0.1, 0.15) is 5.56 Å². The normalized spacial score (nSPS) is 10.8. The molecule has 3 nitrogen and oxygen atoms in total. The predicted molar refractivity (Wildman–Crippen MR) is 109 cm³/mol. The van der Waals surface area contributed by atoms with Gasteiger partial charge in [0.1, 0.15) is 0 Å². The van der Waals surface area contributed by atoms with Gasteiger partial charge in [-0.3, -0.25) is 10.1 Å². The zero-order valence-corrected chi connectivity index (χ0v) is 14.8. The average Bonchev–Trinajstić information content (AvgIpc) is 2.61. The Morgan fingerprint density at radius 2 is 1.68 bits per heavy atom. The van der Waals surface area contributed by atoms with Gasteiger partial charge in [0.05, 0.1) is 0 Å². The summed E-state index contributed by atoms with van der Waals surface area (Å²) in [6.07, 6.45) is 3.13. The van der Waals surface area contributed by atoms with Gasteiger partial charge in [-0.1, -0.05) is 54.1 Å². The van der Waals surface area contributed by atoms with Crippen molar-refractivity contribution in [3.05, 3.63) is 83.4 Å². The SMILES string of the molecule is O=C(/C=C/c1ccc(Cl)cc1)NC(=S)Nc1ccc2ccccc2c1. The number of anilines is 1. The number of hydrogen-bond acceptors (Lipinski definition) is 2. The Labute approximate surface area is 156 Å². The first kappa shape index (κ1) is 17.1. The molecule has 0 saturated carbocycles. The molecule has 3 aromatic carbocycles. The van der Waals surface area contributed by atoms with Gasteiger partial charge in [-0.05, 0) is 58.9 Å². The maximum Gasteiger partial charge on any atom is 0.250 e. The molecule has 0 unspecified atom stereocenters. The fraction of sp³-hybridized carbons (Fsp3) is 0. The minimum Gasteiger partial charge on any atom is -0.332 e. The summed E-state index contributed by atoms with van der Waals surface area (Å²) in [5, 5.41) is 8.80. The molecule has 0 atom stereocenters. The van der Waals surface area contributed by atoms with E-state index in [1.165, 1.54) is 6.08 Å². The third-order valence-corrected chi connectivity index (χ3v) is 4.00. The van der Waals surface area contributed by atoms with Crippen LogP contribution in [0.2, 0.25) is 5.02 Å². The first-order valence-corrected chi connectivity index (χ1v) is 8.43. The van der Waals surface area contributed by atoms with Crippen molar-refractivity contribution in [1.82, 2.24) is 5.32 Å². The number of rotatable bonds is 3. The van der Waals surface area contributed by atoms with Crippen LogP contribution in [0.25, 0.3) is 16.8 Å². The van der Waals surface area contributed by atoms with Crippen molar-refractivity contribution >= 4 is 57.4 Å². The quantitative estimate of drug-likeness (QED) is 0.505. The van der Waals surface area contributed by atoms with Crippen molar-refractivity contribution in [3.63, 3.8) is 0 Å². The summed E-state index contributed by atoms with van der Waals surface area (Å²) in [5.41, 5.74) is 1.71. The molecule has 2 N–H and O–H groups in total. The number of carbonyl (C=O) groups is 1. The number of fused-ring (bicyclic) bond motifs is 1. The number of halogens is 1. The standard InChI is InChI=1S/C20H15ClN2OS/c21-17-9-5-14(6-10-17)7-12-19(24)23-20(25)22-18-11-8-15-3-1-2-4-16(15)13-18/h1-13H,(H2,22,23,24,25)/b12-7+. The summed E-state index contributed by atoms with van der Waals surface area (Å²) in [7, 11) is 0. The van der Waals surface area contributed by atoms with Crippen LogP contribution in [0.4, 0.5) is 5.69 Å². The molecule has 0 aliphatic carbocycles. The molecule has 0 aliphatic rings. The van der Waals surface area contributed by atoms with Crippen LogP contribution < -0.4 is 10.6 Å². The van der Waals surface area contributed by atoms with Gasteiger partial charge in [-0.25, -0.2) is 0 Å². The molecule has 0 bridgehead atoms. The molecule has 0 fully saturated rings. The van der Waals surface area contributed by atoms with E-state index in [1.54, 1.807) is 18.2 Å². The summed E-state index contributed by atoms with van der Waals surface area (Å²) in [6, 6.07) is 21.1. The molecule has 3 aromatic rings. The Hall–Kier alpha value is -2.69. The molecule has 0 aliphatic heterocycles. The van der Waals surface area contributed by atoms with Crippen molar-refractivity contribution in [2.75, 3.05) is 5.32 Å². The third-order valence-electron chi connectivity index (χ3n) is 3.54. The lowest BCUT2D eigenvalue weighted by atomic mass is 10.1. The third kappa shape index (κ3) is 4.89. The highest BCUT2D eigenvalue weighted by Crippen LogP contribution is 2.18. The largest absolute Gasteiger partial charge is 0.332 e. The molecular formula is C20H15ClN2OS. The first-order chi connectivity index (χ1) is 12.1. The number of carbonyl (C=O) groups excluding carboxylic acids is 1. The van der Waals surface area contributed by atoms with Gasteiger partial charge >= 0.3 is 0 Å². The first-order valence-electron chi connectivity index (χ1n) is 7.64. The zero-order valence-electron chi connectivity index (χ0n) is 13.2. The van der Waals surface area contributed by atoms with E-state index in [-0.39, 0.29) is 11.0 Å². The molecule has 124 valence electrons. The Morgan fingerprint density at radius 1 is 0.960 bits per heavy atom. The van der Waals surface area contributed by atoms with E-state index < -0.39 is 0 Å². The second-order valence-corrected chi connectivity index (χ2v) is 6.23. The molecule has 25 heavy (non-hydrogen) atoms. The van der Waals surface area contributed by atoms with E-state index >= 15 is 0 Å². The smallest absolute Gasteiger partial charge is 0.250 e. The second-order valence-electron chi connectivity index (χ2n) is 5.39. The van der Waals surface area contributed by atoms with Gasteiger partial charge in [0.15, 0.2) is 5.11 Å². The number of benzene rings is 3. The van der Waals surface area contributed by atoms with Gasteiger partial charge in [0, 0.05) is 16.8 Å². The Morgan fingerprint density at radius 3 is 2.44 bits per heavy atom. The van der Waals surface area contributed by atoms with Gasteiger partial charge in [-0.15, -0.1) is 0 Å². The van der Waals surface area contributed by atoms with E-state index in [9.17, 15) is 4.79 Å². The zero-order chi connectivity index (χ0) is 17.6. The summed E-state index contributed by atoms with van der Waals surface area (Å²) < 4.78 is 0. The number of hydrogen-bond donors (Lipinski definition) is 2. The maximum atomic E-state index is 11.9. The Balaban J connectivity index is 1.59. The van der Waals surface area contributed by atoms with E-state index in [1.807, 2.05) is 54.6 Å². The fourth-order valence-electron chi connectivity index (χ4n) is 2.33. The molecule has 0 saturated heterocycles. The monoisotopic (exact) mass is 366 g/mol. The summed E-state index contributed by atoms with van der Waals surface area (Å²) >= 11 is 11.0. The molecule has 0 radical (unpaired) electrons.